The van der Waals surface area contributed by atoms with Crippen LogP contribution in [0, 0.1) is 0 Å². The molecule has 0 atom stereocenters. The van der Waals surface area contributed by atoms with Crippen LogP contribution in [-0.2, 0) is 35.0 Å². The van der Waals surface area contributed by atoms with Gasteiger partial charge in [0.1, 0.15) is 12.4 Å². The van der Waals surface area contributed by atoms with E-state index in [1.54, 1.807) is 7.05 Å². The van der Waals surface area contributed by atoms with Gasteiger partial charge >= 0.3 is 11.7 Å². The molecule has 0 radical (unpaired) electrons. The number of esters is 1. The maximum atomic E-state index is 12.5. The second-order valence-corrected chi connectivity index (χ2v) is 9.73. The van der Waals surface area contributed by atoms with Gasteiger partial charge in [-0.25, -0.2) is 27.7 Å². The summed E-state index contributed by atoms with van der Waals surface area (Å²) in [5, 5.41) is 0. The number of unbranched alkanes of at least 4 members (excludes halogenated alkanes) is 1. The summed E-state index contributed by atoms with van der Waals surface area (Å²) in [6.07, 6.45) is 3.25. The molecule has 1 aliphatic carbocycles. The van der Waals surface area contributed by atoms with Crippen LogP contribution in [0.5, 0.6) is 0 Å². The maximum Gasteiger partial charge on any atom is 0.338 e. The van der Waals surface area contributed by atoms with Gasteiger partial charge in [-0.15, -0.1) is 0 Å². The second kappa shape index (κ2) is 8.94. The van der Waals surface area contributed by atoms with Gasteiger partial charge < -0.3 is 9.30 Å². The van der Waals surface area contributed by atoms with E-state index in [1.807, 2.05) is 6.92 Å². The smallest absolute Gasteiger partial charge is 0.338 e. The van der Waals surface area contributed by atoms with E-state index in [2.05, 4.69) is 14.7 Å². The Hall–Kier alpha value is -3.25. The number of nitrogens with one attached hydrogen (secondary N) is 2. The molecule has 1 saturated carbocycles. The van der Waals surface area contributed by atoms with E-state index in [4.69, 9.17) is 4.74 Å². The zero-order valence-corrected chi connectivity index (χ0v) is 19.1. The van der Waals surface area contributed by atoms with E-state index < -0.39 is 27.2 Å². The molecular weight excluding hydrogens is 450 g/mol. The van der Waals surface area contributed by atoms with E-state index in [-0.39, 0.29) is 34.3 Å². The van der Waals surface area contributed by atoms with Crippen LogP contribution >= 0.6 is 0 Å². The summed E-state index contributed by atoms with van der Waals surface area (Å²) in [5.41, 5.74) is -0.462. The first-order valence-corrected chi connectivity index (χ1v) is 12.2. The number of aryl methyl sites for hydroxylation is 2. The van der Waals surface area contributed by atoms with Crippen LogP contribution in [0.15, 0.2) is 38.8 Å². The van der Waals surface area contributed by atoms with Crippen molar-refractivity contribution in [2.45, 2.75) is 56.7 Å². The average Bonchev–Trinajstić information content (AvgIpc) is 3.52. The van der Waals surface area contributed by atoms with E-state index >= 15 is 0 Å². The number of H-pyrrole nitrogens is 1. The van der Waals surface area contributed by atoms with E-state index in [0.29, 0.717) is 12.4 Å². The number of aromatic nitrogens is 4. The monoisotopic (exact) mass is 475 g/mol. The summed E-state index contributed by atoms with van der Waals surface area (Å²) < 4.78 is 35.3. The molecule has 0 aliphatic heterocycles. The molecule has 3 aromatic rings. The molecule has 2 heterocycles. The van der Waals surface area contributed by atoms with Gasteiger partial charge in [0.2, 0.25) is 10.0 Å². The van der Waals surface area contributed by atoms with Crippen LogP contribution in [0.3, 0.4) is 0 Å². The molecule has 176 valence electrons. The molecule has 4 rings (SSSR count). The first-order valence-electron chi connectivity index (χ1n) is 10.7. The zero-order valence-electron chi connectivity index (χ0n) is 18.3. The number of nitrogens with zero attached hydrogens (tertiary/aromatic N) is 3. The number of carbonyl (C=O) groups excluding carboxylic acids is 1. The van der Waals surface area contributed by atoms with E-state index in [1.165, 1.54) is 33.4 Å². The molecule has 33 heavy (non-hydrogen) atoms. The number of sulfonamides is 1. The minimum atomic E-state index is -3.61. The number of carbonyl (C=O) groups is 1. The molecule has 2 N–H and O–H groups in total. The van der Waals surface area contributed by atoms with Crippen molar-refractivity contribution in [3.05, 3.63) is 56.5 Å². The number of hydrogen-bond acceptors (Lipinski definition) is 7. The molecule has 11 nitrogen and oxygen atoms in total. The number of fused-ring (bicyclic) bond motifs is 1. The Bertz CT molecular complexity index is 1410. The lowest BCUT2D eigenvalue weighted by atomic mass is 10.2. The van der Waals surface area contributed by atoms with Crippen LogP contribution in [0.25, 0.3) is 11.2 Å². The van der Waals surface area contributed by atoms with E-state index in [9.17, 15) is 22.8 Å². The SMILES string of the molecule is CCCCn1c(=O)[nH]c(=O)c2c1nc(COC(=O)c1ccc(S(=O)(=O)NC3CC3)cc1)n2C. The zero-order chi connectivity index (χ0) is 23.8. The normalized spacial score (nSPS) is 14.0. The standard InChI is InChI=1S/C21H25N5O6S/c1-3-4-11-26-18-17(19(27)23-21(26)29)25(2)16(22-18)12-32-20(28)13-5-9-15(10-6-13)33(30,31)24-14-7-8-14/h5-6,9-10,14,24H,3-4,7-8,11-12H2,1-2H3,(H,23,27,29). The van der Waals surface area contributed by atoms with Crippen molar-refractivity contribution >= 4 is 27.2 Å². The van der Waals surface area contributed by atoms with Crippen molar-refractivity contribution in [2.75, 3.05) is 0 Å². The third kappa shape index (κ3) is 4.76. The van der Waals surface area contributed by atoms with Gasteiger partial charge in [0.25, 0.3) is 5.56 Å². The van der Waals surface area contributed by atoms with Gasteiger partial charge in [-0.3, -0.25) is 14.3 Å². The Kier molecular flexibility index (Phi) is 6.21. The third-order valence-electron chi connectivity index (χ3n) is 5.47. The molecule has 12 heteroatoms. The first-order chi connectivity index (χ1) is 15.7. The highest BCUT2D eigenvalue weighted by molar-refractivity contribution is 7.89. The summed E-state index contributed by atoms with van der Waals surface area (Å²) in [6, 6.07) is 5.45. The summed E-state index contributed by atoms with van der Waals surface area (Å²) in [5.74, 6) is -0.369. The lowest BCUT2D eigenvalue weighted by molar-refractivity contribution is 0.0459. The maximum absolute atomic E-state index is 12.5. The number of imidazole rings is 1. The summed E-state index contributed by atoms with van der Waals surface area (Å²) in [6.45, 7) is 2.17. The lowest BCUT2D eigenvalue weighted by Gasteiger charge is -2.07. The molecule has 1 aromatic carbocycles. The molecule has 0 amide bonds. The van der Waals surface area contributed by atoms with Crippen molar-refractivity contribution in [3.63, 3.8) is 0 Å². The molecule has 1 aliphatic rings. The Labute approximate surface area is 189 Å². The van der Waals surface area contributed by atoms with Crippen LogP contribution in [0.1, 0.15) is 48.8 Å². The van der Waals surface area contributed by atoms with Gasteiger partial charge in [-0.05, 0) is 43.5 Å². The fourth-order valence-corrected chi connectivity index (χ4v) is 4.72. The van der Waals surface area contributed by atoms with Gasteiger partial charge in [0.05, 0.1) is 10.5 Å². The predicted molar refractivity (Wildman–Crippen MR) is 119 cm³/mol. The van der Waals surface area contributed by atoms with Crippen molar-refractivity contribution in [2.24, 2.45) is 7.05 Å². The summed E-state index contributed by atoms with van der Waals surface area (Å²) in [7, 11) is -2.00. The lowest BCUT2D eigenvalue weighted by Crippen LogP contribution is -2.31. The Morgan fingerprint density at radius 1 is 1.24 bits per heavy atom. The number of hydrogen-bond donors (Lipinski definition) is 2. The minimum absolute atomic E-state index is 0.0153. The van der Waals surface area contributed by atoms with E-state index in [0.717, 1.165) is 25.7 Å². The topological polar surface area (TPSA) is 145 Å². The number of benzene rings is 1. The Morgan fingerprint density at radius 3 is 2.58 bits per heavy atom. The number of aromatic amines is 1. The first kappa shape index (κ1) is 22.9. The number of rotatable bonds is 9. The average molecular weight is 476 g/mol. The van der Waals surface area contributed by atoms with Crippen LogP contribution < -0.4 is 16.0 Å². The van der Waals surface area contributed by atoms with Gasteiger partial charge in [0, 0.05) is 19.6 Å². The molecule has 2 aromatic heterocycles. The highest BCUT2D eigenvalue weighted by Gasteiger charge is 2.28. The number of ether oxygens (including phenoxy) is 1. The highest BCUT2D eigenvalue weighted by Crippen LogP contribution is 2.22. The van der Waals surface area contributed by atoms with Crippen molar-refractivity contribution in [3.8, 4) is 0 Å². The summed E-state index contributed by atoms with van der Waals surface area (Å²) >= 11 is 0. The fourth-order valence-electron chi connectivity index (χ4n) is 3.42. The molecule has 0 spiro atoms. The van der Waals surface area contributed by atoms with Crippen LogP contribution in [0.4, 0.5) is 0 Å². The molecular formula is C21H25N5O6S. The van der Waals surface area contributed by atoms with Gasteiger partial charge in [-0.1, -0.05) is 13.3 Å². The molecule has 0 saturated heterocycles. The third-order valence-corrected chi connectivity index (χ3v) is 7.01. The quantitative estimate of drug-likeness (QED) is 0.440. The van der Waals surface area contributed by atoms with Gasteiger partial charge in [-0.2, -0.15) is 0 Å². The van der Waals surface area contributed by atoms with Gasteiger partial charge in [0.15, 0.2) is 11.2 Å². The predicted octanol–water partition coefficient (Wildman–Crippen LogP) is 1.02. The fraction of sp³-hybridized carbons (Fsp3) is 0.429. The second-order valence-electron chi connectivity index (χ2n) is 8.02. The van der Waals surface area contributed by atoms with Crippen molar-refractivity contribution in [1.82, 2.24) is 23.8 Å². The molecule has 1 fully saturated rings. The van der Waals surface area contributed by atoms with Crippen molar-refractivity contribution in [1.29, 1.82) is 0 Å². The van der Waals surface area contributed by atoms with Crippen LogP contribution in [-0.4, -0.2) is 39.5 Å². The summed E-state index contributed by atoms with van der Waals surface area (Å²) in [4.78, 5) is 43.7. The van der Waals surface area contributed by atoms with Crippen LogP contribution in [0.2, 0.25) is 0 Å². The Morgan fingerprint density at radius 2 is 1.94 bits per heavy atom. The molecule has 0 unspecified atom stereocenters. The largest absolute Gasteiger partial charge is 0.454 e. The van der Waals surface area contributed by atoms with Crippen molar-refractivity contribution < 1.29 is 17.9 Å². The Balaban J connectivity index is 1.51. The highest BCUT2D eigenvalue weighted by atomic mass is 32.2. The minimum Gasteiger partial charge on any atom is -0.454 e. The molecule has 0 bridgehead atoms.